The molecule has 7 nitrogen and oxygen atoms in total. The highest BCUT2D eigenvalue weighted by molar-refractivity contribution is 9.10. The van der Waals surface area contributed by atoms with Crippen LogP contribution in [-0.2, 0) is 17.8 Å². The van der Waals surface area contributed by atoms with Crippen molar-refractivity contribution < 1.29 is 4.79 Å². The van der Waals surface area contributed by atoms with Gasteiger partial charge in [-0.2, -0.15) is 10.2 Å². The maximum Gasteiger partial charge on any atom is 0.293 e. The molecule has 0 spiro atoms. The Morgan fingerprint density at radius 2 is 1.90 bits per heavy atom. The average Bonchev–Trinajstić information content (AvgIpc) is 3.21. The Morgan fingerprint density at radius 1 is 1.10 bits per heavy atom. The van der Waals surface area contributed by atoms with E-state index in [-0.39, 0.29) is 18.0 Å². The van der Waals surface area contributed by atoms with Gasteiger partial charge in [-0.05, 0) is 42.7 Å². The molecule has 0 aliphatic carbocycles. The van der Waals surface area contributed by atoms with Crippen LogP contribution in [0.15, 0.2) is 70.2 Å². The van der Waals surface area contributed by atoms with Gasteiger partial charge in [-0.15, -0.1) is 0 Å². The third-order valence-corrected chi connectivity index (χ3v) is 5.85. The lowest BCUT2D eigenvalue weighted by Crippen LogP contribution is -2.40. The van der Waals surface area contributed by atoms with E-state index in [9.17, 15) is 9.59 Å². The molecule has 0 unspecified atom stereocenters. The van der Waals surface area contributed by atoms with Gasteiger partial charge < -0.3 is 4.90 Å². The predicted molar refractivity (Wildman–Crippen MR) is 117 cm³/mol. The number of aromatic nitrogens is 4. The van der Waals surface area contributed by atoms with E-state index in [2.05, 4.69) is 26.1 Å². The molecule has 3 heterocycles. The largest absolute Gasteiger partial charge is 0.311 e. The van der Waals surface area contributed by atoms with Crippen molar-refractivity contribution in [2.75, 3.05) is 11.4 Å². The Balaban J connectivity index is 1.45. The Labute approximate surface area is 180 Å². The molecule has 1 aliphatic rings. The van der Waals surface area contributed by atoms with Crippen LogP contribution in [0.2, 0.25) is 0 Å². The maximum atomic E-state index is 13.0. The highest BCUT2D eigenvalue weighted by Crippen LogP contribution is 2.27. The summed E-state index contributed by atoms with van der Waals surface area (Å²) in [6.07, 6.45) is 3.33. The second-order valence-corrected chi connectivity index (χ2v) is 8.15. The minimum absolute atomic E-state index is 0.109. The minimum Gasteiger partial charge on any atom is -0.311 e. The summed E-state index contributed by atoms with van der Waals surface area (Å²) in [5.41, 5.74) is 3.69. The molecular formula is C22H18BrN5O2. The van der Waals surface area contributed by atoms with Crippen LogP contribution in [0.1, 0.15) is 12.0 Å². The number of para-hydroxylation sites is 1. The molecule has 2 aromatic heterocycles. The maximum absolute atomic E-state index is 13.0. The number of carbonyl (C=O) groups excluding carboxylic acids is 1. The predicted octanol–water partition coefficient (Wildman–Crippen LogP) is 3.30. The van der Waals surface area contributed by atoms with Crippen LogP contribution in [-0.4, -0.2) is 31.8 Å². The quantitative estimate of drug-likeness (QED) is 0.467. The van der Waals surface area contributed by atoms with Gasteiger partial charge in [0, 0.05) is 22.3 Å². The molecule has 150 valence electrons. The van der Waals surface area contributed by atoms with Gasteiger partial charge in [0.25, 0.3) is 5.56 Å². The fraction of sp³-hybridized carbons (Fsp3) is 0.182. The summed E-state index contributed by atoms with van der Waals surface area (Å²) in [5.74, 6) is -0.145. The van der Waals surface area contributed by atoms with Crippen molar-refractivity contribution in [2.24, 2.45) is 0 Å². The first-order chi connectivity index (χ1) is 14.6. The standard InChI is InChI=1S/C22H18BrN5O2/c23-17-9-7-15(8-10-17)18-12-20-22(30)27(24-14-28(20)25-18)13-21(29)26-11-3-5-16-4-1-2-6-19(16)26/h1-2,4,6-10,12,14H,3,5,11,13H2. The molecule has 0 saturated carbocycles. The number of hydrogen-bond donors (Lipinski definition) is 0. The highest BCUT2D eigenvalue weighted by Gasteiger charge is 2.23. The van der Waals surface area contributed by atoms with Crippen molar-refractivity contribution in [3.63, 3.8) is 0 Å². The van der Waals surface area contributed by atoms with Crippen molar-refractivity contribution in [3.8, 4) is 11.3 Å². The molecule has 5 rings (SSSR count). The van der Waals surface area contributed by atoms with Crippen molar-refractivity contribution in [3.05, 3.63) is 81.3 Å². The van der Waals surface area contributed by atoms with E-state index in [1.807, 2.05) is 48.5 Å². The first-order valence-electron chi connectivity index (χ1n) is 9.70. The second kappa shape index (κ2) is 7.53. The highest BCUT2D eigenvalue weighted by atomic mass is 79.9. The van der Waals surface area contributed by atoms with Gasteiger partial charge in [-0.25, -0.2) is 9.20 Å². The molecule has 8 heteroatoms. The SMILES string of the molecule is O=C(Cn1ncn2nc(-c3ccc(Br)cc3)cc2c1=O)N1CCCc2ccccc21. The Hall–Kier alpha value is -3.26. The number of nitrogens with zero attached hydrogens (tertiary/aromatic N) is 5. The van der Waals surface area contributed by atoms with Crippen LogP contribution >= 0.6 is 15.9 Å². The summed E-state index contributed by atoms with van der Waals surface area (Å²) in [6, 6.07) is 17.3. The number of halogens is 1. The number of benzene rings is 2. The van der Waals surface area contributed by atoms with Crippen LogP contribution in [0.4, 0.5) is 5.69 Å². The van der Waals surface area contributed by atoms with E-state index < -0.39 is 0 Å². The lowest BCUT2D eigenvalue weighted by Gasteiger charge is -2.29. The van der Waals surface area contributed by atoms with Gasteiger partial charge in [0.2, 0.25) is 5.91 Å². The van der Waals surface area contributed by atoms with E-state index in [4.69, 9.17) is 0 Å². The fourth-order valence-electron chi connectivity index (χ4n) is 3.82. The van der Waals surface area contributed by atoms with Gasteiger partial charge in [-0.3, -0.25) is 9.59 Å². The molecule has 0 atom stereocenters. The number of anilines is 1. The zero-order valence-electron chi connectivity index (χ0n) is 16.0. The molecule has 0 bridgehead atoms. The third kappa shape index (κ3) is 3.33. The summed E-state index contributed by atoms with van der Waals surface area (Å²) in [6.45, 7) is 0.537. The fourth-order valence-corrected chi connectivity index (χ4v) is 4.08. The van der Waals surface area contributed by atoms with E-state index in [1.54, 1.807) is 11.0 Å². The van der Waals surface area contributed by atoms with Crippen LogP contribution in [0.25, 0.3) is 16.8 Å². The number of fused-ring (bicyclic) bond motifs is 2. The van der Waals surface area contributed by atoms with Crippen LogP contribution in [0.3, 0.4) is 0 Å². The molecule has 4 aromatic rings. The van der Waals surface area contributed by atoms with Crippen LogP contribution < -0.4 is 10.5 Å². The molecule has 1 amide bonds. The third-order valence-electron chi connectivity index (χ3n) is 5.33. The summed E-state index contributed by atoms with van der Waals surface area (Å²) < 4.78 is 3.63. The number of amides is 1. The van der Waals surface area contributed by atoms with Gasteiger partial charge in [0.05, 0.1) is 5.69 Å². The zero-order chi connectivity index (χ0) is 20.7. The van der Waals surface area contributed by atoms with E-state index >= 15 is 0 Å². The first kappa shape index (κ1) is 18.7. The van der Waals surface area contributed by atoms with Gasteiger partial charge in [0.15, 0.2) is 0 Å². The topological polar surface area (TPSA) is 72.5 Å². The Morgan fingerprint density at radius 3 is 2.73 bits per heavy atom. The van der Waals surface area contributed by atoms with Crippen molar-refractivity contribution in [1.82, 2.24) is 19.4 Å². The summed E-state index contributed by atoms with van der Waals surface area (Å²) in [7, 11) is 0. The number of aryl methyl sites for hydroxylation is 1. The normalized spacial score (nSPS) is 13.4. The van der Waals surface area contributed by atoms with Crippen LogP contribution in [0, 0.1) is 0 Å². The van der Waals surface area contributed by atoms with E-state index in [1.165, 1.54) is 15.5 Å². The number of rotatable bonds is 3. The molecule has 0 saturated heterocycles. The monoisotopic (exact) mass is 463 g/mol. The molecule has 0 N–H and O–H groups in total. The van der Waals surface area contributed by atoms with Gasteiger partial charge in [-0.1, -0.05) is 46.3 Å². The lowest BCUT2D eigenvalue weighted by atomic mass is 10.0. The number of hydrogen-bond acceptors (Lipinski definition) is 4. The molecule has 0 radical (unpaired) electrons. The minimum atomic E-state index is -0.341. The Kier molecular flexibility index (Phi) is 4.71. The zero-order valence-corrected chi connectivity index (χ0v) is 17.6. The smallest absolute Gasteiger partial charge is 0.293 e. The number of carbonyl (C=O) groups is 1. The van der Waals surface area contributed by atoms with Crippen LogP contribution in [0.5, 0.6) is 0 Å². The van der Waals surface area contributed by atoms with Gasteiger partial charge >= 0.3 is 0 Å². The van der Waals surface area contributed by atoms with Crippen molar-refractivity contribution >= 4 is 33.0 Å². The molecule has 30 heavy (non-hydrogen) atoms. The second-order valence-electron chi connectivity index (χ2n) is 7.24. The summed E-state index contributed by atoms with van der Waals surface area (Å²) in [5, 5.41) is 8.61. The van der Waals surface area contributed by atoms with Crippen molar-refractivity contribution in [1.29, 1.82) is 0 Å². The van der Waals surface area contributed by atoms with E-state index in [0.717, 1.165) is 34.1 Å². The first-order valence-corrected chi connectivity index (χ1v) is 10.5. The average molecular weight is 464 g/mol. The molecule has 0 fully saturated rings. The molecule has 1 aliphatic heterocycles. The Bertz CT molecular complexity index is 1310. The van der Waals surface area contributed by atoms with Crippen molar-refractivity contribution in [2.45, 2.75) is 19.4 Å². The molecule has 2 aromatic carbocycles. The summed E-state index contributed by atoms with van der Waals surface area (Å²) >= 11 is 3.41. The molecular weight excluding hydrogens is 446 g/mol. The summed E-state index contributed by atoms with van der Waals surface area (Å²) in [4.78, 5) is 27.7. The van der Waals surface area contributed by atoms with Gasteiger partial charge in [0.1, 0.15) is 18.4 Å². The lowest BCUT2D eigenvalue weighted by molar-refractivity contribution is -0.119. The van der Waals surface area contributed by atoms with E-state index in [0.29, 0.717) is 17.8 Å².